The Hall–Kier alpha value is -3.35. The lowest BCUT2D eigenvalue weighted by Gasteiger charge is -2.22. The van der Waals surface area contributed by atoms with Crippen LogP contribution in [0.1, 0.15) is 25.8 Å². The van der Waals surface area contributed by atoms with Gasteiger partial charge in [-0.2, -0.15) is 0 Å². The fraction of sp³-hybridized carbons (Fsp3) is 0.375. The van der Waals surface area contributed by atoms with Gasteiger partial charge in [0.05, 0.1) is 11.0 Å². The fourth-order valence-corrected chi connectivity index (χ4v) is 3.87. The Morgan fingerprint density at radius 2 is 1.77 bits per heavy atom. The molecule has 7 heteroatoms. The van der Waals surface area contributed by atoms with Crippen LogP contribution in [0.3, 0.4) is 0 Å². The molecule has 3 aromatic rings. The molecule has 2 heterocycles. The van der Waals surface area contributed by atoms with Gasteiger partial charge in [0.25, 0.3) is 0 Å². The highest BCUT2D eigenvalue weighted by atomic mass is 16.2. The van der Waals surface area contributed by atoms with Crippen LogP contribution >= 0.6 is 0 Å². The highest BCUT2D eigenvalue weighted by Gasteiger charge is 2.31. The fourth-order valence-electron chi connectivity index (χ4n) is 3.87. The Kier molecular flexibility index (Phi) is 6.21. The van der Waals surface area contributed by atoms with E-state index in [4.69, 9.17) is 0 Å². The van der Waals surface area contributed by atoms with Crippen LogP contribution in [0.4, 0.5) is 10.7 Å². The molecule has 1 aliphatic heterocycles. The van der Waals surface area contributed by atoms with Crippen molar-refractivity contribution < 1.29 is 9.59 Å². The Bertz CT molecular complexity index is 1060. The number of urea groups is 1. The third-order valence-electron chi connectivity index (χ3n) is 5.59. The average Bonchev–Trinajstić information content (AvgIpc) is 3.33. The first-order valence-corrected chi connectivity index (χ1v) is 10.9. The van der Waals surface area contributed by atoms with Gasteiger partial charge >= 0.3 is 6.03 Å². The zero-order valence-electron chi connectivity index (χ0n) is 18.0. The van der Waals surface area contributed by atoms with Crippen molar-refractivity contribution in [2.45, 2.75) is 39.3 Å². The van der Waals surface area contributed by atoms with Crippen LogP contribution in [0.5, 0.6) is 0 Å². The van der Waals surface area contributed by atoms with Crippen molar-refractivity contribution in [3.05, 3.63) is 60.2 Å². The molecule has 4 rings (SSSR count). The second kappa shape index (κ2) is 9.20. The number of benzene rings is 2. The Morgan fingerprint density at radius 1 is 1.03 bits per heavy atom. The Labute approximate surface area is 182 Å². The Morgan fingerprint density at radius 3 is 2.55 bits per heavy atom. The molecule has 1 unspecified atom stereocenters. The van der Waals surface area contributed by atoms with Crippen LogP contribution < -0.4 is 15.5 Å². The van der Waals surface area contributed by atoms with E-state index in [0.29, 0.717) is 37.9 Å². The minimum Gasteiger partial charge on any atom is -0.354 e. The number of nitrogens with one attached hydrogen (secondary N) is 2. The first-order valence-electron chi connectivity index (χ1n) is 10.9. The van der Waals surface area contributed by atoms with Gasteiger partial charge in [0.1, 0.15) is 6.04 Å². The van der Waals surface area contributed by atoms with E-state index in [1.165, 1.54) is 0 Å². The van der Waals surface area contributed by atoms with Crippen molar-refractivity contribution in [2.75, 3.05) is 18.0 Å². The molecule has 1 aromatic heterocycles. The second-order valence-electron chi connectivity index (χ2n) is 8.37. The number of nitrogens with zero attached hydrogens (tertiary/aromatic N) is 3. The quantitative estimate of drug-likeness (QED) is 0.616. The SMILES string of the molecule is CC(C)CCNC(=O)C(Cc1ccccc1)NC(=O)N1CCn2c1nc1ccccc12. The number of rotatable bonds is 7. The number of hydrogen-bond donors (Lipinski definition) is 2. The maximum Gasteiger partial charge on any atom is 0.324 e. The zero-order valence-corrected chi connectivity index (χ0v) is 18.0. The lowest BCUT2D eigenvalue weighted by Crippen LogP contribution is -2.52. The van der Waals surface area contributed by atoms with E-state index in [1.807, 2.05) is 59.2 Å². The maximum absolute atomic E-state index is 13.2. The summed E-state index contributed by atoms with van der Waals surface area (Å²) in [5.41, 5.74) is 2.88. The van der Waals surface area contributed by atoms with Crippen molar-refractivity contribution >= 4 is 28.9 Å². The van der Waals surface area contributed by atoms with E-state index in [9.17, 15) is 9.59 Å². The third-order valence-corrected chi connectivity index (χ3v) is 5.59. The molecule has 0 saturated carbocycles. The third kappa shape index (κ3) is 4.71. The minimum absolute atomic E-state index is 0.162. The molecule has 2 aromatic carbocycles. The summed E-state index contributed by atoms with van der Waals surface area (Å²) < 4.78 is 2.05. The number of para-hydroxylation sites is 2. The summed E-state index contributed by atoms with van der Waals surface area (Å²) in [5, 5.41) is 5.93. The molecular formula is C24H29N5O2. The van der Waals surface area contributed by atoms with Gasteiger partial charge in [-0.3, -0.25) is 9.69 Å². The lowest BCUT2D eigenvalue weighted by atomic mass is 10.0. The topological polar surface area (TPSA) is 79.3 Å². The molecule has 1 aliphatic rings. The zero-order chi connectivity index (χ0) is 21.8. The van der Waals surface area contributed by atoms with Gasteiger partial charge in [0.2, 0.25) is 11.9 Å². The molecule has 0 spiro atoms. The number of hydrogen-bond acceptors (Lipinski definition) is 3. The summed E-state index contributed by atoms with van der Waals surface area (Å²) >= 11 is 0. The molecule has 0 bridgehead atoms. The summed E-state index contributed by atoms with van der Waals surface area (Å²) in [5.74, 6) is 0.961. The van der Waals surface area contributed by atoms with Crippen molar-refractivity contribution in [1.29, 1.82) is 0 Å². The number of fused-ring (bicyclic) bond motifs is 3. The van der Waals surface area contributed by atoms with Crippen LogP contribution in [0.15, 0.2) is 54.6 Å². The molecule has 7 nitrogen and oxygen atoms in total. The van der Waals surface area contributed by atoms with E-state index in [-0.39, 0.29) is 11.9 Å². The second-order valence-corrected chi connectivity index (χ2v) is 8.37. The number of aromatic nitrogens is 2. The normalized spacial score (nSPS) is 14.0. The molecule has 0 aliphatic carbocycles. The maximum atomic E-state index is 13.2. The first-order chi connectivity index (χ1) is 15.0. The van der Waals surface area contributed by atoms with Crippen LogP contribution in [0, 0.1) is 5.92 Å². The van der Waals surface area contributed by atoms with E-state index < -0.39 is 6.04 Å². The molecule has 162 valence electrons. The number of anilines is 1. The number of carbonyl (C=O) groups excluding carboxylic acids is 2. The molecule has 2 N–H and O–H groups in total. The smallest absolute Gasteiger partial charge is 0.324 e. The van der Waals surface area contributed by atoms with E-state index >= 15 is 0 Å². The van der Waals surface area contributed by atoms with Gasteiger partial charge in [0.15, 0.2) is 0 Å². The predicted octanol–water partition coefficient (Wildman–Crippen LogP) is 3.34. The van der Waals surface area contributed by atoms with Crippen molar-refractivity contribution in [1.82, 2.24) is 20.2 Å². The highest BCUT2D eigenvalue weighted by molar-refractivity contribution is 5.96. The molecule has 31 heavy (non-hydrogen) atoms. The first kappa shape index (κ1) is 20.9. The predicted molar refractivity (Wildman–Crippen MR) is 122 cm³/mol. The largest absolute Gasteiger partial charge is 0.354 e. The Balaban J connectivity index is 1.50. The van der Waals surface area contributed by atoms with Crippen LogP contribution in [0.25, 0.3) is 11.0 Å². The minimum atomic E-state index is -0.652. The van der Waals surface area contributed by atoms with E-state index in [1.54, 1.807) is 4.90 Å². The van der Waals surface area contributed by atoms with E-state index in [0.717, 1.165) is 23.0 Å². The highest BCUT2D eigenvalue weighted by Crippen LogP contribution is 2.27. The summed E-state index contributed by atoms with van der Waals surface area (Å²) in [6, 6.07) is 16.7. The van der Waals surface area contributed by atoms with Gasteiger partial charge < -0.3 is 15.2 Å². The standard InChI is InChI=1S/C24H29N5O2/c1-17(2)12-13-25-22(30)20(16-18-8-4-3-5-9-18)27-24(31)29-15-14-28-21-11-7-6-10-19(21)26-23(28)29/h3-11,17,20H,12-16H2,1-2H3,(H,25,30)(H,27,31). The molecule has 0 saturated heterocycles. The van der Waals surface area contributed by atoms with Gasteiger partial charge in [-0.25, -0.2) is 9.78 Å². The van der Waals surface area contributed by atoms with Gasteiger partial charge in [-0.05, 0) is 30.0 Å². The van der Waals surface area contributed by atoms with Gasteiger partial charge in [-0.1, -0.05) is 56.3 Å². The van der Waals surface area contributed by atoms with Crippen molar-refractivity contribution in [3.63, 3.8) is 0 Å². The number of imidazole rings is 1. The number of amides is 3. The average molecular weight is 420 g/mol. The van der Waals surface area contributed by atoms with Crippen molar-refractivity contribution in [3.8, 4) is 0 Å². The summed E-state index contributed by atoms with van der Waals surface area (Å²) in [6.45, 7) is 6.06. The molecule has 3 amide bonds. The van der Waals surface area contributed by atoms with E-state index in [2.05, 4.69) is 29.5 Å². The monoisotopic (exact) mass is 419 g/mol. The van der Waals surface area contributed by atoms with Gasteiger partial charge in [-0.15, -0.1) is 0 Å². The van der Waals surface area contributed by atoms with Crippen LogP contribution in [0.2, 0.25) is 0 Å². The molecule has 1 atom stereocenters. The van der Waals surface area contributed by atoms with Crippen LogP contribution in [-0.2, 0) is 17.8 Å². The summed E-state index contributed by atoms with van der Waals surface area (Å²) in [6.07, 6.45) is 1.33. The van der Waals surface area contributed by atoms with Crippen molar-refractivity contribution in [2.24, 2.45) is 5.92 Å². The van der Waals surface area contributed by atoms with Crippen LogP contribution in [-0.4, -0.2) is 40.6 Å². The number of carbonyl (C=O) groups is 2. The molecule has 0 fully saturated rings. The summed E-state index contributed by atoms with van der Waals surface area (Å²) in [4.78, 5) is 32.3. The molecule has 0 radical (unpaired) electrons. The summed E-state index contributed by atoms with van der Waals surface area (Å²) in [7, 11) is 0. The molecular weight excluding hydrogens is 390 g/mol. The lowest BCUT2D eigenvalue weighted by molar-refractivity contribution is -0.122. The van der Waals surface area contributed by atoms with Gasteiger partial charge in [0, 0.05) is 26.1 Å².